The Hall–Kier alpha value is -1.65. The van der Waals surface area contributed by atoms with Gasteiger partial charge in [-0.2, -0.15) is 0 Å². The Morgan fingerprint density at radius 2 is 2.06 bits per heavy atom. The van der Waals surface area contributed by atoms with Crippen LogP contribution in [0.15, 0.2) is 6.07 Å². The maximum atomic E-state index is 14.0. The molecule has 5 heteroatoms. The van der Waals surface area contributed by atoms with Gasteiger partial charge in [-0.3, -0.25) is 4.79 Å². The molecule has 0 unspecified atom stereocenters. The van der Waals surface area contributed by atoms with Gasteiger partial charge in [0.1, 0.15) is 5.82 Å². The molecule has 1 aliphatic carbocycles. The lowest BCUT2D eigenvalue weighted by atomic mass is 9.63. The maximum absolute atomic E-state index is 14.0. The normalized spacial score (nSPS) is 19.9. The number of hydrogen-bond donors (Lipinski definition) is 1. The van der Waals surface area contributed by atoms with Gasteiger partial charge in [0.2, 0.25) is 0 Å². The van der Waals surface area contributed by atoms with Crippen molar-refractivity contribution in [3.8, 4) is 5.75 Å². The maximum Gasteiger partial charge on any atom is 0.314 e. The lowest BCUT2D eigenvalue weighted by molar-refractivity contribution is -0.147. The summed E-state index contributed by atoms with van der Waals surface area (Å²) in [6.45, 7) is 0.276. The Balaban J connectivity index is 2.24. The zero-order valence-electron chi connectivity index (χ0n) is 9.63. The molecule has 0 amide bonds. The number of carboxylic acid groups (broad SMARTS) is 1. The molecule has 3 nitrogen and oxygen atoms in total. The lowest BCUT2D eigenvalue weighted by Crippen LogP contribution is -2.43. The molecule has 1 aromatic rings. The molecule has 1 heterocycles. The van der Waals surface area contributed by atoms with Gasteiger partial charge in [-0.05, 0) is 12.8 Å². The fourth-order valence-corrected chi connectivity index (χ4v) is 2.92. The molecule has 96 valence electrons. The van der Waals surface area contributed by atoms with Crippen LogP contribution in [0.25, 0.3) is 0 Å². The van der Waals surface area contributed by atoms with E-state index in [1.54, 1.807) is 0 Å². The van der Waals surface area contributed by atoms with Gasteiger partial charge in [0.25, 0.3) is 0 Å². The first-order valence-electron chi connectivity index (χ1n) is 5.94. The second-order valence-corrected chi connectivity index (χ2v) is 4.86. The third-order valence-electron chi connectivity index (χ3n) is 3.98. The molecule has 0 aromatic heterocycles. The van der Waals surface area contributed by atoms with Gasteiger partial charge in [-0.25, -0.2) is 8.78 Å². The van der Waals surface area contributed by atoms with Crippen molar-refractivity contribution in [2.75, 3.05) is 6.61 Å². The molecule has 0 radical (unpaired) electrons. The minimum absolute atomic E-state index is 0.0268. The molecule has 18 heavy (non-hydrogen) atoms. The first-order chi connectivity index (χ1) is 8.56. The van der Waals surface area contributed by atoms with Crippen molar-refractivity contribution in [2.45, 2.75) is 31.1 Å². The standard InChI is InChI=1S/C13H12F2O3/c14-8-6-9(15)11-7(2-5-18-11)10(8)13(12(16)17)3-1-4-13/h6H,1-5H2,(H,16,17). The molecular formula is C13H12F2O3. The third kappa shape index (κ3) is 1.30. The molecular weight excluding hydrogens is 242 g/mol. The summed E-state index contributed by atoms with van der Waals surface area (Å²) in [7, 11) is 0. The molecule has 0 saturated heterocycles. The van der Waals surface area contributed by atoms with E-state index in [0.29, 0.717) is 24.8 Å². The summed E-state index contributed by atoms with van der Waals surface area (Å²) in [6.07, 6.45) is 1.92. The van der Waals surface area contributed by atoms with Crippen molar-refractivity contribution < 1.29 is 23.4 Å². The van der Waals surface area contributed by atoms with Gasteiger partial charge in [0.05, 0.1) is 12.0 Å². The fraction of sp³-hybridized carbons (Fsp3) is 0.462. The Bertz CT molecular complexity index is 536. The van der Waals surface area contributed by atoms with Crippen LogP contribution >= 0.6 is 0 Å². The smallest absolute Gasteiger partial charge is 0.314 e. The molecule has 0 spiro atoms. The van der Waals surface area contributed by atoms with Crippen LogP contribution in [0.2, 0.25) is 0 Å². The quantitative estimate of drug-likeness (QED) is 0.881. The molecule has 1 saturated carbocycles. The Labute approximate surface area is 102 Å². The second kappa shape index (κ2) is 3.67. The Morgan fingerprint density at radius 3 is 2.61 bits per heavy atom. The summed E-state index contributed by atoms with van der Waals surface area (Å²) in [5.41, 5.74) is -0.653. The molecule has 1 aromatic carbocycles. The zero-order valence-corrected chi connectivity index (χ0v) is 9.63. The highest BCUT2D eigenvalue weighted by Gasteiger charge is 2.50. The van der Waals surface area contributed by atoms with Crippen LogP contribution in [-0.2, 0) is 16.6 Å². The van der Waals surface area contributed by atoms with Crippen molar-refractivity contribution >= 4 is 5.97 Å². The molecule has 3 rings (SSSR count). The summed E-state index contributed by atoms with van der Waals surface area (Å²) in [4.78, 5) is 11.4. The summed E-state index contributed by atoms with van der Waals surface area (Å²) in [5, 5.41) is 9.36. The van der Waals surface area contributed by atoms with Gasteiger partial charge in [-0.1, -0.05) is 6.42 Å². The predicted molar refractivity (Wildman–Crippen MR) is 58.7 cm³/mol. The van der Waals surface area contributed by atoms with E-state index in [1.165, 1.54) is 0 Å². The number of halogens is 2. The van der Waals surface area contributed by atoms with Crippen LogP contribution in [0.3, 0.4) is 0 Å². The van der Waals surface area contributed by atoms with Crippen molar-refractivity contribution in [1.82, 2.24) is 0 Å². The fourth-order valence-electron chi connectivity index (χ4n) is 2.92. The number of aliphatic carboxylic acids is 1. The third-order valence-corrected chi connectivity index (χ3v) is 3.98. The minimum Gasteiger partial charge on any atom is -0.490 e. The monoisotopic (exact) mass is 254 g/mol. The minimum atomic E-state index is -1.18. The van der Waals surface area contributed by atoms with Crippen LogP contribution in [-0.4, -0.2) is 17.7 Å². The van der Waals surface area contributed by atoms with E-state index in [0.717, 1.165) is 12.5 Å². The molecule has 0 bridgehead atoms. The summed E-state index contributed by atoms with van der Waals surface area (Å²) in [5.74, 6) is -2.52. The van der Waals surface area contributed by atoms with Gasteiger partial charge in [0.15, 0.2) is 11.6 Å². The van der Waals surface area contributed by atoms with Crippen molar-refractivity contribution in [3.63, 3.8) is 0 Å². The van der Waals surface area contributed by atoms with E-state index >= 15 is 0 Å². The van der Waals surface area contributed by atoms with E-state index in [9.17, 15) is 18.7 Å². The van der Waals surface area contributed by atoms with Crippen molar-refractivity contribution in [1.29, 1.82) is 0 Å². The molecule has 0 atom stereocenters. The average Bonchev–Trinajstić information content (AvgIpc) is 2.69. The van der Waals surface area contributed by atoms with E-state index in [1.807, 2.05) is 0 Å². The highest BCUT2D eigenvalue weighted by atomic mass is 19.1. The number of rotatable bonds is 2. The number of carboxylic acids is 1. The topological polar surface area (TPSA) is 46.5 Å². The van der Waals surface area contributed by atoms with Crippen molar-refractivity contribution in [3.05, 3.63) is 28.8 Å². The predicted octanol–water partition coefficient (Wildman–Crippen LogP) is 2.41. The second-order valence-electron chi connectivity index (χ2n) is 4.86. The van der Waals surface area contributed by atoms with Gasteiger partial charge < -0.3 is 9.84 Å². The van der Waals surface area contributed by atoms with Crippen LogP contribution < -0.4 is 4.74 Å². The molecule has 1 aliphatic heterocycles. The molecule has 1 N–H and O–H groups in total. The van der Waals surface area contributed by atoms with E-state index < -0.39 is 23.0 Å². The van der Waals surface area contributed by atoms with Crippen LogP contribution in [0.4, 0.5) is 8.78 Å². The zero-order chi connectivity index (χ0) is 12.9. The number of carbonyl (C=O) groups is 1. The molecule has 2 aliphatic rings. The first-order valence-corrected chi connectivity index (χ1v) is 5.94. The first kappa shape index (κ1) is 11.4. The van der Waals surface area contributed by atoms with E-state index in [2.05, 4.69) is 0 Å². The SMILES string of the molecule is O=C(O)C1(c2c(F)cc(F)c3c2CCO3)CCC1. The number of fused-ring (bicyclic) bond motifs is 1. The number of hydrogen-bond acceptors (Lipinski definition) is 2. The average molecular weight is 254 g/mol. The van der Waals surface area contributed by atoms with Crippen LogP contribution in [0.1, 0.15) is 30.4 Å². The van der Waals surface area contributed by atoms with E-state index in [-0.39, 0.29) is 17.9 Å². The summed E-state index contributed by atoms with van der Waals surface area (Å²) >= 11 is 0. The number of benzene rings is 1. The van der Waals surface area contributed by atoms with Gasteiger partial charge in [0, 0.05) is 23.6 Å². The van der Waals surface area contributed by atoms with Crippen LogP contribution in [0, 0.1) is 11.6 Å². The van der Waals surface area contributed by atoms with E-state index in [4.69, 9.17) is 4.74 Å². The van der Waals surface area contributed by atoms with Crippen molar-refractivity contribution in [2.24, 2.45) is 0 Å². The largest absolute Gasteiger partial charge is 0.490 e. The highest BCUT2D eigenvalue weighted by molar-refractivity contribution is 5.83. The van der Waals surface area contributed by atoms with Gasteiger partial charge >= 0.3 is 5.97 Å². The van der Waals surface area contributed by atoms with Gasteiger partial charge in [-0.15, -0.1) is 0 Å². The Kier molecular flexibility index (Phi) is 2.33. The number of ether oxygens (including phenoxy) is 1. The lowest BCUT2D eigenvalue weighted by Gasteiger charge is -2.39. The Morgan fingerprint density at radius 1 is 1.33 bits per heavy atom. The summed E-state index contributed by atoms with van der Waals surface area (Å²) in [6, 6.07) is 0.739. The highest BCUT2D eigenvalue weighted by Crippen LogP contribution is 2.49. The molecule has 1 fully saturated rings. The van der Waals surface area contributed by atoms with Crippen LogP contribution in [0.5, 0.6) is 5.75 Å². The summed E-state index contributed by atoms with van der Waals surface area (Å²) < 4.78 is 32.7.